The van der Waals surface area contributed by atoms with Gasteiger partial charge in [0.05, 0.1) is 22.7 Å². The molecule has 78 heavy (non-hydrogen) atoms. The van der Waals surface area contributed by atoms with Crippen LogP contribution < -0.4 is 4.74 Å². The molecule has 0 unspecified atom stereocenters. The zero-order valence-corrected chi connectivity index (χ0v) is 50.3. The van der Waals surface area contributed by atoms with Crippen molar-refractivity contribution in [2.45, 2.75) is 131 Å². The van der Waals surface area contributed by atoms with Gasteiger partial charge in [-0.15, -0.1) is 34.4 Å². The van der Waals surface area contributed by atoms with Crippen molar-refractivity contribution in [2.75, 3.05) is 0 Å². The van der Waals surface area contributed by atoms with Gasteiger partial charge in [-0.2, -0.15) is 0 Å². The topological polar surface area (TPSA) is 44.9 Å². The predicted molar refractivity (Wildman–Crippen MR) is 323 cm³/mol. The Morgan fingerprint density at radius 2 is 0.872 bits per heavy atom. The summed E-state index contributed by atoms with van der Waals surface area (Å²) in [4.78, 5) is 10.5. The third-order valence-electron chi connectivity index (χ3n) is 15.1. The van der Waals surface area contributed by atoms with E-state index in [1.54, 1.807) is 0 Å². The van der Waals surface area contributed by atoms with Crippen molar-refractivity contribution in [3.63, 3.8) is 0 Å². The molecule has 0 spiro atoms. The van der Waals surface area contributed by atoms with Gasteiger partial charge in [-0.05, 0) is 114 Å². The summed E-state index contributed by atoms with van der Waals surface area (Å²) >= 11 is 0. The molecule has 0 radical (unpaired) electrons. The molecule has 0 aliphatic heterocycles. The van der Waals surface area contributed by atoms with Crippen molar-refractivity contribution in [2.24, 2.45) is 0 Å². The fraction of sp³-hybridized carbons (Fsp3) is 0.278. The van der Waals surface area contributed by atoms with Gasteiger partial charge in [-0.3, -0.25) is 9.97 Å². The predicted octanol–water partition coefficient (Wildman–Crippen LogP) is 20.0. The van der Waals surface area contributed by atoms with Crippen LogP contribution in [0.25, 0.3) is 78.6 Å². The first-order valence-electron chi connectivity index (χ1n) is 27.7. The Hall–Kier alpha value is -7.07. The fourth-order valence-electron chi connectivity index (χ4n) is 10.7. The van der Waals surface area contributed by atoms with E-state index in [-0.39, 0.29) is 43.7 Å². The molecule has 0 atom stereocenters. The van der Waals surface area contributed by atoms with E-state index in [1.165, 1.54) is 61.3 Å². The summed E-state index contributed by atoms with van der Waals surface area (Å²) in [5, 5.41) is 0. The fourth-order valence-corrected chi connectivity index (χ4v) is 10.7. The van der Waals surface area contributed by atoms with Crippen LogP contribution >= 0.6 is 0 Å². The normalized spacial score (nSPS) is 12.1. The molecule has 0 aliphatic rings. The molecule has 5 nitrogen and oxygen atoms in total. The van der Waals surface area contributed by atoms with Crippen LogP contribution in [0.15, 0.2) is 170 Å². The Kier molecular flexibility index (Phi) is 16.0. The monoisotopic (exact) mass is 1210 g/mol. The molecule has 0 saturated heterocycles. The van der Waals surface area contributed by atoms with E-state index in [0.29, 0.717) is 23.3 Å². The molecule has 10 aromatic rings. The molecule has 10 rings (SSSR count). The van der Waals surface area contributed by atoms with Gasteiger partial charge in [0.15, 0.2) is 0 Å². The van der Waals surface area contributed by atoms with Crippen molar-refractivity contribution in [1.29, 1.82) is 0 Å². The summed E-state index contributed by atoms with van der Waals surface area (Å²) in [6, 6.07) is 64.7. The SMILES string of the molecule is CC(C)c1cc(-c2ccc(-c3ccc(-c4ccccc4)cc3)cc2)cc(C(C)C)c1-n1ccnc1-c1[c-]c(Oc2[c-]c(-c3nc4ccccc4n3-c3c(C(C)C)cccc3C(C)C)cc(C(C)(C)C)c2)cc(C(C)(C)C)c1.[Pt+2]. The van der Waals surface area contributed by atoms with Crippen molar-refractivity contribution >= 4 is 11.0 Å². The zero-order chi connectivity index (χ0) is 54.5. The summed E-state index contributed by atoms with van der Waals surface area (Å²) in [5.74, 6) is 3.91. The van der Waals surface area contributed by atoms with Crippen molar-refractivity contribution in [1.82, 2.24) is 19.1 Å². The van der Waals surface area contributed by atoms with Crippen molar-refractivity contribution < 1.29 is 25.8 Å². The van der Waals surface area contributed by atoms with E-state index in [2.05, 4.69) is 282 Å². The quantitative estimate of drug-likeness (QED) is 0.108. The van der Waals surface area contributed by atoms with Crippen LogP contribution in [0.3, 0.4) is 0 Å². The van der Waals surface area contributed by atoms with Gasteiger partial charge in [0.1, 0.15) is 0 Å². The second kappa shape index (κ2) is 22.3. The van der Waals surface area contributed by atoms with Crippen LogP contribution in [0.1, 0.15) is 154 Å². The summed E-state index contributed by atoms with van der Waals surface area (Å²) in [7, 11) is 0. The molecule has 0 aliphatic carbocycles. The minimum Gasteiger partial charge on any atom is -0.497 e. The van der Waals surface area contributed by atoms with E-state index in [0.717, 1.165) is 50.6 Å². The smallest absolute Gasteiger partial charge is 0.497 e. The maximum absolute atomic E-state index is 7.10. The number of hydrogen-bond donors (Lipinski definition) is 0. The number of imidazole rings is 2. The molecule has 2 aromatic heterocycles. The van der Waals surface area contributed by atoms with E-state index >= 15 is 0 Å². The Labute approximate surface area is 479 Å². The molecule has 8 aromatic carbocycles. The van der Waals surface area contributed by atoms with E-state index in [4.69, 9.17) is 14.7 Å². The first-order valence-corrected chi connectivity index (χ1v) is 27.7. The molecule has 0 bridgehead atoms. The van der Waals surface area contributed by atoms with Crippen LogP contribution in [-0.2, 0) is 31.9 Å². The summed E-state index contributed by atoms with van der Waals surface area (Å²) in [6.07, 6.45) is 4.03. The largest absolute Gasteiger partial charge is 2.00 e. The van der Waals surface area contributed by atoms with Gasteiger partial charge in [0, 0.05) is 35.3 Å². The number of para-hydroxylation sites is 3. The molecule has 0 N–H and O–H groups in total. The molecule has 398 valence electrons. The number of nitrogens with zero attached hydrogens (tertiary/aromatic N) is 4. The van der Waals surface area contributed by atoms with Gasteiger partial charge in [0.2, 0.25) is 0 Å². The van der Waals surface area contributed by atoms with Crippen molar-refractivity contribution in [3.8, 4) is 79.0 Å². The first-order chi connectivity index (χ1) is 36.7. The summed E-state index contributed by atoms with van der Waals surface area (Å²) in [6.45, 7) is 31.8. The summed E-state index contributed by atoms with van der Waals surface area (Å²) in [5.41, 5.74) is 20.2. The summed E-state index contributed by atoms with van der Waals surface area (Å²) < 4.78 is 11.8. The molecule has 0 saturated carbocycles. The van der Waals surface area contributed by atoms with Crippen LogP contribution in [0.4, 0.5) is 0 Å². The molecule has 0 fully saturated rings. The van der Waals surface area contributed by atoms with E-state index < -0.39 is 0 Å². The Morgan fingerprint density at radius 3 is 1.35 bits per heavy atom. The average Bonchev–Trinajstić information content (AvgIpc) is 4.21. The van der Waals surface area contributed by atoms with Gasteiger partial charge in [-0.1, -0.05) is 230 Å². The van der Waals surface area contributed by atoms with Gasteiger partial charge in [0.25, 0.3) is 0 Å². The van der Waals surface area contributed by atoms with Crippen molar-refractivity contribution in [3.05, 3.63) is 216 Å². The van der Waals surface area contributed by atoms with Gasteiger partial charge >= 0.3 is 21.1 Å². The number of fused-ring (bicyclic) bond motifs is 1. The average molecular weight is 1210 g/mol. The van der Waals surface area contributed by atoms with Crippen LogP contribution in [0.2, 0.25) is 0 Å². The van der Waals surface area contributed by atoms with Gasteiger partial charge < -0.3 is 13.9 Å². The van der Waals surface area contributed by atoms with Gasteiger partial charge in [-0.25, -0.2) is 0 Å². The Morgan fingerprint density at radius 1 is 0.436 bits per heavy atom. The number of rotatable bonds is 13. The third-order valence-corrected chi connectivity index (χ3v) is 15.1. The zero-order valence-electron chi connectivity index (χ0n) is 48.0. The Bertz CT molecular complexity index is 3670. The number of hydrogen-bond acceptors (Lipinski definition) is 3. The number of ether oxygens (including phenoxy) is 1. The van der Waals surface area contributed by atoms with Crippen LogP contribution in [-0.4, -0.2) is 19.1 Å². The minimum atomic E-state index is -0.209. The third kappa shape index (κ3) is 11.3. The maximum Gasteiger partial charge on any atom is 2.00 e. The Balaban J connectivity index is 0.00000740. The molecule has 0 amide bonds. The minimum absolute atomic E-state index is 0. The maximum atomic E-state index is 7.10. The number of aromatic nitrogens is 4. The standard InChI is InChI=1S/C72H74N4O.Pt/c1-45(2)61-23-20-24-62(46(3)4)68(61)76-66-26-19-18-25-65(66)74-70(76)56-38-58(72(12,13)14)44-60(40-56)77-59-39-55(37-57(43-59)71(9,10)11)69-73-35-36-75(69)67-63(47(5)6)41-54(42-64(67)48(7)8)53-33-31-52(32-34-53)51-29-27-50(28-30-51)49-21-16-15-17-22-49;/h15-38,41-48H,1-14H3;/q-2;+2. The van der Waals surface area contributed by atoms with E-state index in [1.807, 2.05) is 6.20 Å². The molecular weight excluding hydrogens is 1130 g/mol. The molecule has 6 heteroatoms. The molecule has 2 heterocycles. The molecular formula is C72H74N4OPt. The first kappa shape index (κ1) is 55.7. The van der Waals surface area contributed by atoms with Crippen LogP contribution in [0.5, 0.6) is 11.5 Å². The van der Waals surface area contributed by atoms with Crippen LogP contribution in [0, 0.1) is 12.1 Å². The second-order valence-corrected chi connectivity index (χ2v) is 24.2. The second-order valence-electron chi connectivity index (χ2n) is 24.2. The van der Waals surface area contributed by atoms with E-state index in [9.17, 15) is 0 Å². The number of benzene rings is 8.